The molecule has 0 radical (unpaired) electrons. The van der Waals surface area contributed by atoms with E-state index >= 15 is 0 Å². The van der Waals surface area contributed by atoms with E-state index in [2.05, 4.69) is 0 Å². The zero-order chi connectivity index (χ0) is 9.10. The molecule has 0 aliphatic carbocycles. The van der Waals surface area contributed by atoms with Crippen LogP contribution in [0.3, 0.4) is 0 Å². The molecule has 2 heterocycles. The standard InChI is InChI=1S/C10H13NO2/c12-10(11-5-1-2-6-11)8-9-4-3-7-13-9/h3-4,7H,1-2,5-6,8H2. The fourth-order valence-electron chi connectivity index (χ4n) is 1.64. The van der Waals surface area contributed by atoms with Crippen molar-refractivity contribution in [2.24, 2.45) is 0 Å². The molecule has 3 nitrogen and oxygen atoms in total. The minimum Gasteiger partial charge on any atom is -0.469 e. The van der Waals surface area contributed by atoms with Gasteiger partial charge < -0.3 is 9.32 Å². The van der Waals surface area contributed by atoms with E-state index in [4.69, 9.17) is 4.42 Å². The molecule has 3 heteroatoms. The molecule has 1 aromatic heterocycles. The molecule has 2 rings (SSSR count). The van der Waals surface area contributed by atoms with Crippen molar-refractivity contribution in [3.05, 3.63) is 24.2 Å². The summed E-state index contributed by atoms with van der Waals surface area (Å²) in [6.45, 7) is 1.83. The maximum Gasteiger partial charge on any atom is 0.230 e. The van der Waals surface area contributed by atoms with Crippen molar-refractivity contribution in [3.63, 3.8) is 0 Å². The van der Waals surface area contributed by atoms with Crippen LogP contribution in [-0.2, 0) is 11.2 Å². The third-order valence-electron chi connectivity index (χ3n) is 2.36. The van der Waals surface area contributed by atoms with Gasteiger partial charge in [-0.05, 0) is 25.0 Å². The Kier molecular flexibility index (Phi) is 2.34. The first kappa shape index (κ1) is 8.35. The molecule has 0 N–H and O–H groups in total. The molecular formula is C10H13NO2. The molecule has 1 aromatic rings. The number of nitrogens with zero attached hydrogens (tertiary/aromatic N) is 1. The summed E-state index contributed by atoms with van der Waals surface area (Å²) in [5, 5.41) is 0. The van der Waals surface area contributed by atoms with Crippen LogP contribution in [-0.4, -0.2) is 23.9 Å². The average molecular weight is 179 g/mol. The Bertz CT molecular complexity index is 273. The Hall–Kier alpha value is -1.25. The molecule has 1 aliphatic rings. The summed E-state index contributed by atoms with van der Waals surface area (Å²) >= 11 is 0. The number of carbonyl (C=O) groups is 1. The summed E-state index contributed by atoms with van der Waals surface area (Å²) in [6, 6.07) is 3.65. The fourth-order valence-corrected chi connectivity index (χ4v) is 1.64. The topological polar surface area (TPSA) is 33.5 Å². The normalized spacial score (nSPS) is 16.5. The van der Waals surface area contributed by atoms with Crippen LogP contribution < -0.4 is 0 Å². The van der Waals surface area contributed by atoms with Gasteiger partial charge >= 0.3 is 0 Å². The first-order valence-electron chi connectivity index (χ1n) is 4.66. The quantitative estimate of drug-likeness (QED) is 0.688. The Labute approximate surface area is 77.3 Å². The lowest BCUT2D eigenvalue weighted by atomic mass is 10.3. The number of furan rings is 1. The molecule has 0 atom stereocenters. The fraction of sp³-hybridized carbons (Fsp3) is 0.500. The van der Waals surface area contributed by atoms with E-state index in [1.165, 1.54) is 0 Å². The molecule has 0 spiro atoms. The Morgan fingerprint density at radius 3 is 2.85 bits per heavy atom. The molecular weight excluding hydrogens is 166 g/mol. The predicted molar refractivity (Wildman–Crippen MR) is 48.2 cm³/mol. The summed E-state index contributed by atoms with van der Waals surface area (Å²) < 4.78 is 5.12. The largest absolute Gasteiger partial charge is 0.469 e. The number of hydrogen-bond acceptors (Lipinski definition) is 2. The van der Waals surface area contributed by atoms with Crippen molar-refractivity contribution in [1.29, 1.82) is 0 Å². The summed E-state index contributed by atoms with van der Waals surface area (Å²) in [4.78, 5) is 13.5. The SMILES string of the molecule is O=C(Cc1ccco1)N1CCCC1. The molecule has 70 valence electrons. The molecule has 1 saturated heterocycles. The highest BCUT2D eigenvalue weighted by Crippen LogP contribution is 2.10. The summed E-state index contributed by atoms with van der Waals surface area (Å²) in [5.74, 6) is 0.948. The Balaban J connectivity index is 1.91. The lowest BCUT2D eigenvalue weighted by molar-refractivity contribution is -0.129. The van der Waals surface area contributed by atoms with Gasteiger partial charge in [-0.25, -0.2) is 0 Å². The van der Waals surface area contributed by atoms with E-state index in [0.29, 0.717) is 6.42 Å². The van der Waals surface area contributed by atoms with Gasteiger partial charge in [0, 0.05) is 13.1 Å². The third-order valence-corrected chi connectivity index (χ3v) is 2.36. The smallest absolute Gasteiger partial charge is 0.230 e. The molecule has 0 saturated carbocycles. The molecule has 0 aromatic carbocycles. The van der Waals surface area contributed by atoms with Gasteiger partial charge in [0.25, 0.3) is 0 Å². The van der Waals surface area contributed by atoms with Crippen LogP contribution in [0.5, 0.6) is 0 Å². The van der Waals surface area contributed by atoms with Crippen molar-refractivity contribution in [3.8, 4) is 0 Å². The second kappa shape index (κ2) is 3.64. The first-order valence-corrected chi connectivity index (χ1v) is 4.66. The van der Waals surface area contributed by atoms with E-state index in [-0.39, 0.29) is 5.91 Å². The summed E-state index contributed by atoms with van der Waals surface area (Å²) in [5.41, 5.74) is 0. The molecule has 1 aliphatic heterocycles. The van der Waals surface area contributed by atoms with Crippen molar-refractivity contribution >= 4 is 5.91 Å². The van der Waals surface area contributed by atoms with Crippen LogP contribution in [0.25, 0.3) is 0 Å². The predicted octanol–water partition coefficient (Wildman–Crippen LogP) is 1.44. The van der Waals surface area contributed by atoms with E-state index < -0.39 is 0 Å². The molecule has 1 fully saturated rings. The molecule has 0 bridgehead atoms. The van der Waals surface area contributed by atoms with Gasteiger partial charge in [-0.1, -0.05) is 0 Å². The van der Waals surface area contributed by atoms with Crippen molar-refractivity contribution in [1.82, 2.24) is 4.90 Å². The van der Waals surface area contributed by atoms with Crippen LogP contribution in [0.1, 0.15) is 18.6 Å². The van der Waals surface area contributed by atoms with Gasteiger partial charge in [0.2, 0.25) is 5.91 Å². The van der Waals surface area contributed by atoms with E-state index in [9.17, 15) is 4.79 Å². The summed E-state index contributed by atoms with van der Waals surface area (Å²) in [6.07, 6.45) is 4.30. The average Bonchev–Trinajstić information content (AvgIpc) is 2.74. The maximum absolute atomic E-state index is 11.6. The second-order valence-electron chi connectivity index (χ2n) is 3.34. The van der Waals surface area contributed by atoms with Crippen LogP contribution in [0.4, 0.5) is 0 Å². The van der Waals surface area contributed by atoms with Gasteiger partial charge in [0.1, 0.15) is 5.76 Å². The second-order valence-corrected chi connectivity index (χ2v) is 3.34. The molecule has 1 amide bonds. The Morgan fingerprint density at radius 2 is 2.23 bits per heavy atom. The minimum atomic E-state index is 0.187. The first-order chi connectivity index (χ1) is 6.36. The highest BCUT2D eigenvalue weighted by molar-refractivity contribution is 5.78. The van der Waals surface area contributed by atoms with Gasteiger partial charge in [-0.15, -0.1) is 0 Å². The zero-order valence-corrected chi connectivity index (χ0v) is 7.53. The van der Waals surface area contributed by atoms with Crippen LogP contribution in [0, 0.1) is 0 Å². The van der Waals surface area contributed by atoms with Crippen molar-refractivity contribution in [2.45, 2.75) is 19.3 Å². The van der Waals surface area contributed by atoms with Gasteiger partial charge in [0.05, 0.1) is 12.7 Å². The number of hydrogen-bond donors (Lipinski definition) is 0. The van der Waals surface area contributed by atoms with E-state index in [1.54, 1.807) is 6.26 Å². The van der Waals surface area contributed by atoms with Crippen molar-refractivity contribution < 1.29 is 9.21 Å². The molecule has 0 unspecified atom stereocenters. The van der Waals surface area contributed by atoms with E-state index in [1.807, 2.05) is 17.0 Å². The van der Waals surface area contributed by atoms with Crippen LogP contribution in [0.15, 0.2) is 22.8 Å². The Morgan fingerprint density at radius 1 is 1.46 bits per heavy atom. The van der Waals surface area contributed by atoms with Gasteiger partial charge in [-0.2, -0.15) is 0 Å². The third kappa shape index (κ3) is 1.91. The number of carbonyl (C=O) groups excluding carboxylic acids is 1. The number of likely N-dealkylation sites (tertiary alicyclic amines) is 1. The lowest BCUT2D eigenvalue weighted by Gasteiger charge is -2.13. The zero-order valence-electron chi connectivity index (χ0n) is 7.53. The minimum absolute atomic E-state index is 0.187. The van der Waals surface area contributed by atoms with Crippen molar-refractivity contribution in [2.75, 3.05) is 13.1 Å². The van der Waals surface area contributed by atoms with Gasteiger partial charge in [0.15, 0.2) is 0 Å². The van der Waals surface area contributed by atoms with Crippen LogP contribution >= 0.6 is 0 Å². The molecule has 13 heavy (non-hydrogen) atoms. The highest BCUT2D eigenvalue weighted by Gasteiger charge is 2.18. The van der Waals surface area contributed by atoms with Crippen LogP contribution in [0.2, 0.25) is 0 Å². The highest BCUT2D eigenvalue weighted by atomic mass is 16.3. The number of rotatable bonds is 2. The van der Waals surface area contributed by atoms with Gasteiger partial charge in [-0.3, -0.25) is 4.79 Å². The van der Waals surface area contributed by atoms with E-state index in [0.717, 1.165) is 31.7 Å². The number of amides is 1. The summed E-state index contributed by atoms with van der Waals surface area (Å²) in [7, 11) is 0. The monoisotopic (exact) mass is 179 g/mol. The lowest BCUT2D eigenvalue weighted by Crippen LogP contribution is -2.28. The maximum atomic E-state index is 11.6.